The third-order valence-corrected chi connectivity index (χ3v) is 3.28. The van der Waals surface area contributed by atoms with Crippen molar-refractivity contribution in [3.05, 3.63) is 40.2 Å². The van der Waals surface area contributed by atoms with Crippen LogP contribution in [-0.2, 0) is 9.59 Å². The summed E-state index contributed by atoms with van der Waals surface area (Å²) in [7, 11) is 0. The number of carbonyl (C=O) groups is 3. The zero-order chi connectivity index (χ0) is 16.0. The second kappa shape index (κ2) is 4.62. The Bertz CT molecular complexity index is 892. The van der Waals surface area contributed by atoms with Crippen molar-refractivity contribution in [2.24, 2.45) is 10.9 Å². The van der Waals surface area contributed by atoms with E-state index >= 15 is 0 Å². The number of hydrogen-bond donors (Lipinski definition) is 2. The van der Waals surface area contributed by atoms with Crippen molar-refractivity contribution < 1.29 is 29.0 Å². The van der Waals surface area contributed by atoms with Gasteiger partial charge >= 0.3 is 11.9 Å². The molecule has 2 aliphatic heterocycles. The van der Waals surface area contributed by atoms with E-state index in [-0.39, 0.29) is 17.0 Å². The van der Waals surface area contributed by atoms with Gasteiger partial charge in [0, 0.05) is 11.6 Å². The Morgan fingerprint density at radius 2 is 1.95 bits per heavy atom. The minimum absolute atomic E-state index is 0.126. The number of rotatable bonds is 2. The quantitative estimate of drug-likeness (QED) is 0.783. The summed E-state index contributed by atoms with van der Waals surface area (Å²) in [4.78, 5) is 50.4. The lowest BCUT2D eigenvalue weighted by molar-refractivity contribution is -0.139. The van der Waals surface area contributed by atoms with Crippen LogP contribution in [0.15, 0.2) is 38.7 Å². The summed E-state index contributed by atoms with van der Waals surface area (Å²) in [5, 5.41) is 18.2. The van der Waals surface area contributed by atoms with Gasteiger partial charge in [0.2, 0.25) is 0 Å². The maximum atomic E-state index is 12.3. The van der Waals surface area contributed by atoms with E-state index in [0.717, 1.165) is 6.07 Å². The van der Waals surface area contributed by atoms with Crippen LogP contribution in [0.1, 0.15) is 10.4 Å². The summed E-state index contributed by atoms with van der Waals surface area (Å²) in [6.07, 6.45) is 1.31. The van der Waals surface area contributed by atoms with Gasteiger partial charge in [-0.25, -0.2) is 9.79 Å². The molecule has 0 fully saturated rings. The summed E-state index contributed by atoms with van der Waals surface area (Å²) in [6, 6.07) is 4.03. The van der Waals surface area contributed by atoms with E-state index in [9.17, 15) is 19.2 Å². The van der Waals surface area contributed by atoms with Crippen molar-refractivity contribution in [3.63, 3.8) is 0 Å². The largest absolute Gasteiger partial charge is 0.480 e. The monoisotopic (exact) mass is 301 g/mol. The molecule has 0 amide bonds. The maximum Gasteiger partial charge on any atom is 0.351 e. The molecule has 0 aromatic rings. The van der Waals surface area contributed by atoms with Crippen LogP contribution < -0.4 is 5.43 Å². The molecule has 110 valence electrons. The Morgan fingerprint density at radius 3 is 2.59 bits per heavy atom. The van der Waals surface area contributed by atoms with Gasteiger partial charge in [-0.2, -0.15) is 0 Å². The van der Waals surface area contributed by atoms with Crippen LogP contribution in [0, 0.1) is 5.92 Å². The smallest absolute Gasteiger partial charge is 0.351 e. The van der Waals surface area contributed by atoms with E-state index in [0.29, 0.717) is 0 Å². The predicted octanol–water partition coefficient (Wildman–Crippen LogP) is 0.799. The third kappa shape index (κ3) is 1.81. The number of Topliss-reactive ketones (excluding diaryl/α,β-unsaturated/α-hetero) is 1. The molecule has 1 atom stereocenters. The van der Waals surface area contributed by atoms with Crippen molar-refractivity contribution in [1.29, 1.82) is 0 Å². The second-order valence-electron chi connectivity index (χ2n) is 4.56. The van der Waals surface area contributed by atoms with Crippen LogP contribution >= 0.6 is 0 Å². The normalized spacial score (nSPS) is 17.0. The zero-order valence-corrected chi connectivity index (χ0v) is 10.8. The molecule has 3 rings (SSSR count). The molecule has 0 saturated carbocycles. The number of ketones is 1. The number of aliphatic carboxylic acids is 2. The van der Waals surface area contributed by atoms with Crippen LogP contribution in [0.5, 0.6) is 0 Å². The molecule has 0 saturated heterocycles. The molecule has 0 aromatic heterocycles. The number of aliphatic imine (C=N–C) groups is 1. The molecule has 1 unspecified atom stereocenters. The van der Waals surface area contributed by atoms with Crippen molar-refractivity contribution >= 4 is 29.1 Å². The fourth-order valence-electron chi connectivity index (χ4n) is 2.35. The zero-order valence-electron chi connectivity index (χ0n) is 10.8. The van der Waals surface area contributed by atoms with Gasteiger partial charge in [-0.05, 0) is 12.1 Å². The van der Waals surface area contributed by atoms with E-state index in [1.807, 2.05) is 0 Å². The maximum absolute atomic E-state index is 12.3. The Labute approximate surface area is 121 Å². The van der Waals surface area contributed by atoms with Gasteiger partial charge in [-0.1, -0.05) is 0 Å². The van der Waals surface area contributed by atoms with E-state index in [1.165, 1.54) is 18.4 Å². The first-order valence-electron chi connectivity index (χ1n) is 6.05. The number of carbonyl (C=O) groups excluding carboxylic acids is 1. The first-order chi connectivity index (χ1) is 10.4. The number of nitrogens with zero attached hydrogens (tertiary/aromatic N) is 1. The molecule has 0 radical (unpaired) electrons. The van der Waals surface area contributed by atoms with Gasteiger partial charge in [0.25, 0.3) is 0 Å². The number of benzene rings is 1. The van der Waals surface area contributed by atoms with Crippen molar-refractivity contribution in [2.45, 2.75) is 0 Å². The van der Waals surface area contributed by atoms with E-state index in [4.69, 9.17) is 14.6 Å². The highest BCUT2D eigenvalue weighted by molar-refractivity contribution is 6.48. The molecule has 3 aliphatic rings. The van der Waals surface area contributed by atoms with Crippen LogP contribution in [0.4, 0.5) is 5.69 Å². The molecular formula is C14H7NO7. The Kier molecular flexibility index (Phi) is 2.87. The fourth-order valence-corrected chi connectivity index (χ4v) is 2.35. The van der Waals surface area contributed by atoms with Gasteiger partial charge in [0.15, 0.2) is 17.1 Å². The molecule has 22 heavy (non-hydrogen) atoms. The molecular weight excluding hydrogens is 294 g/mol. The lowest BCUT2D eigenvalue weighted by Crippen LogP contribution is -2.40. The molecule has 1 aliphatic carbocycles. The first-order valence-corrected chi connectivity index (χ1v) is 6.05. The topological polar surface area (TPSA) is 134 Å². The average molecular weight is 301 g/mol. The van der Waals surface area contributed by atoms with Gasteiger partial charge in [0.1, 0.15) is 11.5 Å². The number of carboxylic acid groups (broad SMARTS) is 2. The SMILES string of the molecule is O=C(O)C1=Nc2c3cccoc-3cc(=O)c2C(=O)C1C(=O)O. The van der Waals surface area contributed by atoms with Gasteiger partial charge in [-0.3, -0.25) is 14.4 Å². The van der Waals surface area contributed by atoms with Crippen LogP contribution in [-0.4, -0.2) is 33.6 Å². The Morgan fingerprint density at radius 1 is 1.23 bits per heavy atom. The molecule has 2 N–H and O–H groups in total. The number of hydrogen-bond acceptors (Lipinski definition) is 6. The Balaban J connectivity index is 2.43. The lowest BCUT2D eigenvalue weighted by atomic mass is 9.86. The number of carboxylic acids is 2. The first kappa shape index (κ1) is 13.7. The lowest BCUT2D eigenvalue weighted by Gasteiger charge is -2.20. The fraction of sp³-hybridized carbons (Fsp3) is 0.0714. The highest BCUT2D eigenvalue weighted by atomic mass is 16.4. The molecule has 2 heterocycles. The number of fused-ring (bicyclic) bond motifs is 3. The van der Waals surface area contributed by atoms with E-state index in [2.05, 4.69) is 4.99 Å². The summed E-state index contributed by atoms with van der Waals surface area (Å²) in [6.45, 7) is 0. The van der Waals surface area contributed by atoms with Crippen LogP contribution in [0.2, 0.25) is 0 Å². The molecule has 8 heteroatoms. The molecule has 0 bridgehead atoms. The van der Waals surface area contributed by atoms with E-state index in [1.54, 1.807) is 0 Å². The predicted molar refractivity (Wildman–Crippen MR) is 71.8 cm³/mol. The van der Waals surface area contributed by atoms with Crippen molar-refractivity contribution in [1.82, 2.24) is 0 Å². The second-order valence-corrected chi connectivity index (χ2v) is 4.56. The third-order valence-electron chi connectivity index (χ3n) is 3.28. The van der Waals surface area contributed by atoms with Crippen molar-refractivity contribution in [2.75, 3.05) is 0 Å². The molecule has 0 aromatic carbocycles. The van der Waals surface area contributed by atoms with Crippen molar-refractivity contribution in [3.8, 4) is 11.3 Å². The summed E-state index contributed by atoms with van der Waals surface area (Å²) < 4.78 is 5.12. The van der Waals surface area contributed by atoms with E-state index < -0.39 is 40.3 Å². The van der Waals surface area contributed by atoms with Crippen LogP contribution in [0.25, 0.3) is 11.3 Å². The summed E-state index contributed by atoms with van der Waals surface area (Å²) in [5.74, 6) is -6.28. The summed E-state index contributed by atoms with van der Waals surface area (Å²) >= 11 is 0. The highest BCUT2D eigenvalue weighted by Gasteiger charge is 2.43. The van der Waals surface area contributed by atoms with Gasteiger partial charge in [0.05, 0.1) is 17.5 Å². The minimum atomic E-state index is -2.00. The Hall–Kier alpha value is -3.29. The summed E-state index contributed by atoms with van der Waals surface area (Å²) in [5.41, 5.74) is -1.95. The van der Waals surface area contributed by atoms with Gasteiger partial charge in [-0.15, -0.1) is 0 Å². The minimum Gasteiger partial charge on any atom is -0.480 e. The molecule has 0 spiro atoms. The average Bonchev–Trinajstić information content (AvgIpc) is 2.45. The standard InChI is InChI=1S/C14H7NO7/c16-6-4-7-5(2-1-3-22-7)10-8(6)12(17)9(13(18)19)11(15-10)14(20)21/h1-4,9H,(H,18,19)(H,20,21). The highest BCUT2D eigenvalue weighted by Crippen LogP contribution is 2.37. The molecule has 8 nitrogen and oxygen atoms in total. The van der Waals surface area contributed by atoms with Gasteiger partial charge < -0.3 is 14.6 Å². The van der Waals surface area contributed by atoms with Crippen LogP contribution in [0.3, 0.4) is 0 Å².